The largest absolute Gasteiger partial charge is 0.484 e. The van der Waals surface area contributed by atoms with Crippen LogP contribution in [0.4, 0.5) is 0 Å². The Morgan fingerprint density at radius 1 is 1.00 bits per heavy atom. The molecule has 0 radical (unpaired) electrons. The van der Waals surface area contributed by atoms with Crippen LogP contribution < -0.4 is 4.74 Å². The molecule has 3 heteroatoms. The first-order valence-corrected chi connectivity index (χ1v) is 9.49. The normalized spacial score (nSPS) is 12.0. The van der Waals surface area contributed by atoms with Gasteiger partial charge in [0.2, 0.25) is 0 Å². The average molecular weight is 366 g/mol. The quantitative estimate of drug-likeness (QED) is 0.448. The van der Waals surface area contributed by atoms with Crippen molar-refractivity contribution in [3.8, 4) is 17.0 Å². The number of unbranched alkanes of at least 4 members (excludes halogenated alkanes) is 1. The summed E-state index contributed by atoms with van der Waals surface area (Å²) in [6, 6.07) is 22.1. The lowest BCUT2D eigenvalue weighted by Gasteiger charge is -2.19. The van der Waals surface area contributed by atoms with Crippen LogP contribution in [-0.2, 0) is 0 Å². The Kier molecular flexibility index (Phi) is 6.30. The van der Waals surface area contributed by atoms with E-state index < -0.39 is 0 Å². The van der Waals surface area contributed by atoms with Gasteiger partial charge >= 0.3 is 0 Å². The van der Waals surface area contributed by atoms with Crippen LogP contribution in [0.25, 0.3) is 11.3 Å². The molecule has 0 saturated carbocycles. The van der Waals surface area contributed by atoms with Crippen molar-refractivity contribution in [2.75, 3.05) is 0 Å². The Morgan fingerprint density at radius 3 is 2.50 bits per heavy atom. The van der Waals surface area contributed by atoms with E-state index in [9.17, 15) is 0 Å². The number of benzene rings is 2. The Bertz CT molecular complexity index is 845. The van der Waals surface area contributed by atoms with E-state index in [0.717, 1.165) is 47.0 Å². The summed E-state index contributed by atoms with van der Waals surface area (Å²) in [5.41, 5.74) is 4.15. The fourth-order valence-electron chi connectivity index (χ4n) is 2.92. The standard InChI is InChI=1S/C23H24ClNO/c1-3-4-11-23(26-20-8-5-7-17(2)16-20)22-10-6-9-21(25-22)18-12-14-19(24)15-13-18/h5-10,12-16,23H,3-4,11H2,1-2H3/t23-/m0/s1. The van der Waals surface area contributed by atoms with Gasteiger partial charge in [0, 0.05) is 10.6 Å². The molecule has 26 heavy (non-hydrogen) atoms. The molecule has 0 amide bonds. The molecule has 0 unspecified atom stereocenters. The third-order valence-corrected chi connectivity index (χ3v) is 4.58. The van der Waals surface area contributed by atoms with Crippen LogP contribution >= 0.6 is 11.6 Å². The molecule has 3 rings (SSSR count). The number of hydrogen-bond acceptors (Lipinski definition) is 2. The molecule has 1 heterocycles. The average Bonchev–Trinajstić information content (AvgIpc) is 2.66. The smallest absolute Gasteiger partial charge is 0.141 e. The van der Waals surface area contributed by atoms with Crippen LogP contribution in [0.5, 0.6) is 5.75 Å². The van der Waals surface area contributed by atoms with Crippen LogP contribution in [0.3, 0.4) is 0 Å². The van der Waals surface area contributed by atoms with Gasteiger partial charge in [0.05, 0.1) is 11.4 Å². The maximum absolute atomic E-state index is 6.31. The molecule has 0 fully saturated rings. The van der Waals surface area contributed by atoms with Crippen molar-refractivity contribution >= 4 is 11.6 Å². The highest BCUT2D eigenvalue weighted by Crippen LogP contribution is 2.28. The molecule has 2 aromatic carbocycles. The summed E-state index contributed by atoms with van der Waals surface area (Å²) >= 11 is 6.00. The summed E-state index contributed by atoms with van der Waals surface area (Å²) in [6.07, 6.45) is 3.12. The monoisotopic (exact) mass is 365 g/mol. The molecule has 0 bridgehead atoms. The third kappa shape index (κ3) is 4.86. The number of halogens is 1. The minimum atomic E-state index is -0.0519. The summed E-state index contributed by atoms with van der Waals surface area (Å²) in [4.78, 5) is 4.88. The number of hydrogen-bond donors (Lipinski definition) is 0. The number of rotatable bonds is 7. The fraction of sp³-hybridized carbons (Fsp3) is 0.261. The zero-order chi connectivity index (χ0) is 18.4. The van der Waals surface area contributed by atoms with Gasteiger partial charge in [0.1, 0.15) is 11.9 Å². The van der Waals surface area contributed by atoms with Crippen LogP contribution in [0.1, 0.15) is 43.5 Å². The third-order valence-electron chi connectivity index (χ3n) is 4.33. The number of ether oxygens (including phenoxy) is 1. The molecule has 1 aromatic heterocycles. The Hall–Kier alpha value is -2.32. The van der Waals surface area contributed by atoms with E-state index in [-0.39, 0.29) is 6.10 Å². The van der Waals surface area contributed by atoms with Gasteiger partial charge in [-0.15, -0.1) is 0 Å². The molecule has 0 aliphatic rings. The lowest BCUT2D eigenvalue weighted by molar-refractivity contribution is 0.187. The van der Waals surface area contributed by atoms with E-state index in [1.165, 1.54) is 5.56 Å². The molecular weight excluding hydrogens is 342 g/mol. The first kappa shape index (κ1) is 18.5. The van der Waals surface area contributed by atoms with Crippen molar-refractivity contribution in [2.45, 2.75) is 39.2 Å². The molecule has 0 spiro atoms. The second-order valence-electron chi connectivity index (χ2n) is 6.52. The number of pyridine rings is 1. The molecule has 134 valence electrons. The summed E-state index contributed by atoms with van der Waals surface area (Å²) < 4.78 is 6.31. The predicted octanol–water partition coefficient (Wildman–Crippen LogP) is 7.02. The van der Waals surface area contributed by atoms with Crippen molar-refractivity contribution in [3.05, 3.63) is 83.0 Å². The van der Waals surface area contributed by atoms with Crippen LogP contribution in [-0.4, -0.2) is 4.98 Å². The molecule has 0 N–H and O–H groups in total. The maximum atomic E-state index is 6.31. The topological polar surface area (TPSA) is 22.1 Å². The molecular formula is C23H24ClNO. The van der Waals surface area contributed by atoms with Gasteiger partial charge in [0.15, 0.2) is 0 Å². The Morgan fingerprint density at radius 2 is 1.77 bits per heavy atom. The van der Waals surface area contributed by atoms with Crippen molar-refractivity contribution in [3.63, 3.8) is 0 Å². The van der Waals surface area contributed by atoms with E-state index >= 15 is 0 Å². The second-order valence-corrected chi connectivity index (χ2v) is 6.96. The van der Waals surface area contributed by atoms with Gasteiger partial charge in [-0.05, 0) is 61.7 Å². The van der Waals surface area contributed by atoms with Crippen molar-refractivity contribution < 1.29 is 4.74 Å². The van der Waals surface area contributed by atoms with Gasteiger partial charge in [-0.25, -0.2) is 4.98 Å². The lowest BCUT2D eigenvalue weighted by atomic mass is 10.1. The van der Waals surface area contributed by atoms with Crippen molar-refractivity contribution in [2.24, 2.45) is 0 Å². The lowest BCUT2D eigenvalue weighted by Crippen LogP contribution is -2.10. The van der Waals surface area contributed by atoms with E-state index in [2.05, 4.69) is 32.0 Å². The molecule has 2 nitrogen and oxygen atoms in total. The minimum absolute atomic E-state index is 0.0519. The molecule has 0 saturated heterocycles. The zero-order valence-electron chi connectivity index (χ0n) is 15.3. The number of nitrogens with zero attached hydrogens (tertiary/aromatic N) is 1. The Labute approximate surface area is 160 Å². The van der Waals surface area contributed by atoms with Gasteiger partial charge in [-0.1, -0.05) is 55.3 Å². The SMILES string of the molecule is CCCC[C@H](Oc1cccc(C)c1)c1cccc(-c2ccc(Cl)cc2)n1. The minimum Gasteiger partial charge on any atom is -0.484 e. The summed E-state index contributed by atoms with van der Waals surface area (Å²) in [6.45, 7) is 4.27. The molecule has 0 aliphatic heterocycles. The van der Waals surface area contributed by atoms with Crippen LogP contribution in [0, 0.1) is 6.92 Å². The van der Waals surface area contributed by atoms with Gasteiger partial charge in [-0.3, -0.25) is 0 Å². The fourth-order valence-corrected chi connectivity index (χ4v) is 3.05. The van der Waals surface area contributed by atoms with Crippen molar-refractivity contribution in [1.29, 1.82) is 0 Å². The summed E-state index contributed by atoms with van der Waals surface area (Å²) in [5.74, 6) is 0.893. The highest BCUT2D eigenvalue weighted by Gasteiger charge is 2.16. The summed E-state index contributed by atoms with van der Waals surface area (Å²) in [7, 11) is 0. The van der Waals surface area contributed by atoms with E-state index in [1.54, 1.807) is 0 Å². The van der Waals surface area contributed by atoms with E-state index in [1.807, 2.05) is 48.5 Å². The highest BCUT2D eigenvalue weighted by atomic mass is 35.5. The van der Waals surface area contributed by atoms with Crippen LogP contribution in [0.2, 0.25) is 5.02 Å². The van der Waals surface area contributed by atoms with Crippen LogP contribution in [0.15, 0.2) is 66.7 Å². The number of aryl methyl sites for hydroxylation is 1. The molecule has 0 aliphatic carbocycles. The Balaban J connectivity index is 1.88. The predicted molar refractivity (Wildman–Crippen MR) is 109 cm³/mol. The zero-order valence-corrected chi connectivity index (χ0v) is 16.0. The van der Waals surface area contributed by atoms with Gasteiger partial charge in [0.25, 0.3) is 0 Å². The second kappa shape index (κ2) is 8.86. The van der Waals surface area contributed by atoms with E-state index in [4.69, 9.17) is 21.3 Å². The van der Waals surface area contributed by atoms with Crippen molar-refractivity contribution in [1.82, 2.24) is 4.98 Å². The first-order valence-electron chi connectivity index (χ1n) is 9.12. The molecule has 1 atom stereocenters. The maximum Gasteiger partial charge on any atom is 0.141 e. The first-order chi connectivity index (χ1) is 12.7. The summed E-state index contributed by atoms with van der Waals surface area (Å²) in [5, 5.41) is 0.730. The number of aromatic nitrogens is 1. The van der Waals surface area contributed by atoms with Gasteiger partial charge < -0.3 is 4.74 Å². The molecule has 3 aromatic rings. The van der Waals surface area contributed by atoms with E-state index in [0.29, 0.717) is 0 Å². The van der Waals surface area contributed by atoms with Gasteiger partial charge in [-0.2, -0.15) is 0 Å². The highest BCUT2D eigenvalue weighted by molar-refractivity contribution is 6.30.